The van der Waals surface area contributed by atoms with Crippen LogP contribution in [0.3, 0.4) is 0 Å². The first-order valence-corrected chi connectivity index (χ1v) is 8.11. The van der Waals surface area contributed by atoms with Crippen molar-refractivity contribution in [1.82, 2.24) is 5.32 Å². The molecule has 4 heteroatoms. The van der Waals surface area contributed by atoms with Crippen molar-refractivity contribution in [3.8, 4) is 0 Å². The lowest BCUT2D eigenvalue weighted by atomic mass is 9.48. The summed E-state index contributed by atoms with van der Waals surface area (Å²) in [5.74, 6) is 2.63. The molecule has 0 aliphatic heterocycles. The number of alkyl halides is 3. The highest BCUT2D eigenvalue weighted by Gasteiger charge is 2.51. The Hall–Kier alpha value is -0.250. The third-order valence-electron chi connectivity index (χ3n) is 6.03. The van der Waals surface area contributed by atoms with Crippen LogP contribution in [0.15, 0.2) is 0 Å². The van der Waals surface area contributed by atoms with Crippen LogP contribution in [-0.4, -0.2) is 19.3 Å². The second kappa shape index (κ2) is 5.19. The summed E-state index contributed by atoms with van der Waals surface area (Å²) < 4.78 is 37.3. The van der Waals surface area contributed by atoms with Gasteiger partial charge in [0.15, 0.2) is 0 Å². The van der Waals surface area contributed by atoms with Crippen molar-refractivity contribution in [1.29, 1.82) is 0 Å². The predicted molar refractivity (Wildman–Crippen MR) is 73.4 cm³/mol. The minimum absolute atomic E-state index is 0.0351. The molecule has 116 valence electrons. The van der Waals surface area contributed by atoms with Crippen LogP contribution in [0.2, 0.25) is 0 Å². The molecule has 0 saturated heterocycles. The lowest BCUT2D eigenvalue weighted by Crippen LogP contribution is -2.48. The molecule has 4 aliphatic carbocycles. The molecule has 0 amide bonds. The van der Waals surface area contributed by atoms with E-state index in [-0.39, 0.29) is 12.5 Å². The van der Waals surface area contributed by atoms with Crippen LogP contribution in [0, 0.1) is 23.2 Å². The molecule has 4 fully saturated rings. The Bertz CT molecular complexity index is 315. The van der Waals surface area contributed by atoms with Crippen LogP contribution in [0.5, 0.6) is 0 Å². The maximum Gasteiger partial charge on any atom is 0.389 e. The van der Waals surface area contributed by atoms with E-state index in [1.165, 1.54) is 38.5 Å². The van der Waals surface area contributed by atoms with Gasteiger partial charge in [0.2, 0.25) is 0 Å². The van der Waals surface area contributed by atoms with Crippen LogP contribution in [-0.2, 0) is 0 Å². The lowest BCUT2D eigenvalue weighted by molar-refractivity contribution is -0.138. The van der Waals surface area contributed by atoms with Gasteiger partial charge in [0.1, 0.15) is 0 Å². The molecular formula is C16H26F3N. The van der Waals surface area contributed by atoms with Crippen molar-refractivity contribution >= 4 is 0 Å². The van der Waals surface area contributed by atoms with E-state index in [4.69, 9.17) is 0 Å². The molecule has 0 radical (unpaired) electrons. The van der Waals surface area contributed by atoms with E-state index in [0.29, 0.717) is 5.41 Å². The van der Waals surface area contributed by atoms with Gasteiger partial charge in [-0.3, -0.25) is 0 Å². The predicted octanol–water partition coefficient (Wildman–Crippen LogP) is 4.52. The maximum atomic E-state index is 12.4. The SMILES string of the molecule is CNC(CCC(F)(F)F)CC12CC3CC(CC(C3)C1)C2. The molecule has 0 aromatic rings. The largest absolute Gasteiger partial charge is 0.389 e. The van der Waals surface area contributed by atoms with Gasteiger partial charge < -0.3 is 5.32 Å². The Morgan fingerprint density at radius 1 is 1.05 bits per heavy atom. The number of hydrogen-bond acceptors (Lipinski definition) is 1. The Balaban J connectivity index is 1.61. The van der Waals surface area contributed by atoms with Gasteiger partial charge in [0, 0.05) is 12.5 Å². The van der Waals surface area contributed by atoms with E-state index in [2.05, 4.69) is 5.32 Å². The van der Waals surface area contributed by atoms with Crippen LogP contribution in [0.4, 0.5) is 13.2 Å². The Kier molecular flexibility index (Phi) is 3.81. The molecule has 1 nitrogen and oxygen atoms in total. The highest BCUT2D eigenvalue weighted by molar-refractivity contribution is 5.02. The molecule has 1 unspecified atom stereocenters. The Morgan fingerprint density at radius 2 is 1.55 bits per heavy atom. The number of hydrogen-bond donors (Lipinski definition) is 1. The van der Waals surface area contributed by atoms with Gasteiger partial charge in [-0.15, -0.1) is 0 Å². The van der Waals surface area contributed by atoms with Crippen molar-refractivity contribution in [2.75, 3.05) is 7.05 Å². The van der Waals surface area contributed by atoms with Gasteiger partial charge in [-0.25, -0.2) is 0 Å². The maximum absolute atomic E-state index is 12.4. The molecule has 1 N–H and O–H groups in total. The average Bonchev–Trinajstić information content (AvgIpc) is 2.31. The van der Waals surface area contributed by atoms with E-state index in [1.807, 2.05) is 7.05 Å². The molecule has 0 aromatic carbocycles. The average molecular weight is 289 g/mol. The zero-order valence-corrected chi connectivity index (χ0v) is 12.3. The number of halogens is 3. The van der Waals surface area contributed by atoms with Crippen molar-refractivity contribution in [2.45, 2.75) is 70.0 Å². The van der Waals surface area contributed by atoms with Crippen LogP contribution in [0.25, 0.3) is 0 Å². The molecule has 0 aromatic heterocycles. The number of rotatable bonds is 5. The van der Waals surface area contributed by atoms with Crippen molar-refractivity contribution in [3.05, 3.63) is 0 Å². The molecule has 0 heterocycles. The number of nitrogens with one attached hydrogen (secondary N) is 1. The second-order valence-electron chi connectivity index (χ2n) is 7.76. The third-order valence-corrected chi connectivity index (χ3v) is 6.03. The summed E-state index contributed by atoms with van der Waals surface area (Å²) in [5, 5.41) is 3.15. The molecule has 1 atom stereocenters. The fraction of sp³-hybridized carbons (Fsp3) is 1.00. The fourth-order valence-corrected chi connectivity index (χ4v) is 5.75. The zero-order chi connectivity index (χ0) is 14.4. The summed E-state index contributed by atoms with van der Waals surface area (Å²) in [6, 6.07) is 0.0351. The molecule has 4 bridgehead atoms. The first-order chi connectivity index (χ1) is 9.37. The summed E-state index contributed by atoms with van der Waals surface area (Å²) in [5.41, 5.74) is 0.369. The molecule has 20 heavy (non-hydrogen) atoms. The molecule has 4 rings (SSSR count). The van der Waals surface area contributed by atoms with Gasteiger partial charge in [-0.2, -0.15) is 13.2 Å². The van der Waals surface area contributed by atoms with E-state index in [0.717, 1.165) is 24.2 Å². The van der Waals surface area contributed by atoms with Gasteiger partial charge in [-0.1, -0.05) is 0 Å². The normalized spacial score (nSPS) is 41.1. The van der Waals surface area contributed by atoms with E-state index in [9.17, 15) is 13.2 Å². The first-order valence-electron chi connectivity index (χ1n) is 8.11. The third kappa shape index (κ3) is 3.15. The van der Waals surface area contributed by atoms with E-state index >= 15 is 0 Å². The standard InChI is InChI=1S/C16H26F3N/c1-20-14(2-3-16(17,18)19)10-15-7-11-4-12(8-15)6-13(5-11)9-15/h11-14,20H,2-10H2,1H3. The van der Waals surface area contributed by atoms with Crippen LogP contribution >= 0.6 is 0 Å². The molecular weight excluding hydrogens is 263 g/mol. The van der Waals surface area contributed by atoms with Crippen molar-refractivity contribution in [3.63, 3.8) is 0 Å². The van der Waals surface area contributed by atoms with E-state index in [1.54, 1.807) is 0 Å². The first kappa shape index (κ1) is 14.7. The smallest absolute Gasteiger partial charge is 0.317 e. The lowest BCUT2D eigenvalue weighted by Gasteiger charge is -2.57. The summed E-state index contributed by atoms with van der Waals surface area (Å²) in [6.07, 6.45) is 4.56. The topological polar surface area (TPSA) is 12.0 Å². The highest BCUT2D eigenvalue weighted by atomic mass is 19.4. The van der Waals surface area contributed by atoms with Gasteiger partial charge in [0.25, 0.3) is 0 Å². The van der Waals surface area contributed by atoms with Crippen molar-refractivity contribution < 1.29 is 13.2 Å². The second-order valence-corrected chi connectivity index (χ2v) is 7.76. The van der Waals surface area contributed by atoms with Gasteiger partial charge in [-0.05, 0) is 81.6 Å². The van der Waals surface area contributed by atoms with Gasteiger partial charge >= 0.3 is 6.18 Å². The monoisotopic (exact) mass is 289 g/mol. The van der Waals surface area contributed by atoms with Crippen LogP contribution in [0.1, 0.15) is 57.8 Å². The summed E-state index contributed by atoms with van der Waals surface area (Å²) >= 11 is 0. The Morgan fingerprint density at radius 3 is 1.95 bits per heavy atom. The van der Waals surface area contributed by atoms with Crippen LogP contribution < -0.4 is 5.32 Å². The Labute approximate surface area is 119 Å². The summed E-state index contributed by atoms with van der Waals surface area (Å²) in [4.78, 5) is 0. The highest BCUT2D eigenvalue weighted by Crippen LogP contribution is 2.61. The quantitative estimate of drug-likeness (QED) is 0.784. The molecule has 0 spiro atoms. The molecule has 4 aliphatic rings. The minimum atomic E-state index is -4.02. The van der Waals surface area contributed by atoms with Gasteiger partial charge in [0.05, 0.1) is 0 Å². The molecule has 4 saturated carbocycles. The minimum Gasteiger partial charge on any atom is -0.317 e. The summed E-state index contributed by atoms with van der Waals surface area (Å²) in [6.45, 7) is 0. The van der Waals surface area contributed by atoms with Crippen molar-refractivity contribution in [2.24, 2.45) is 23.2 Å². The summed E-state index contributed by atoms with van der Waals surface area (Å²) in [7, 11) is 1.82. The van der Waals surface area contributed by atoms with E-state index < -0.39 is 12.6 Å². The fourth-order valence-electron chi connectivity index (χ4n) is 5.75. The zero-order valence-electron chi connectivity index (χ0n) is 12.3.